The van der Waals surface area contributed by atoms with Crippen LogP contribution in [0.4, 0.5) is 0 Å². The van der Waals surface area contributed by atoms with Crippen LogP contribution in [0.3, 0.4) is 0 Å². The molecule has 21 heavy (non-hydrogen) atoms. The number of carboxylic acid groups (broad SMARTS) is 1. The number of amides is 1. The second kappa shape index (κ2) is 6.53. The van der Waals surface area contributed by atoms with Crippen molar-refractivity contribution in [1.82, 2.24) is 15.1 Å². The first-order valence-electron chi connectivity index (χ1n) is 6.60. The van der Waals surface area contributed by atoms with Crippen molar-refractivity contribution in [2.75, 3.05) is 6.54 Å². The van der Waals surface area contributed by atoms with E-state index in [0.29, 0.717) is 11.4 Å². The van der Waals surface area contributed by atoms with Crippen LogP contribution in [0.25, 0.3) is 0 Å². The normalized spacial score (nSPS) is 10.6. The molecule has 0 aliphatic rings. The van der Waals surface area contributed by atoms with Crippen molar-refractivity contribution in [1.29, 1.82) is 0 Å². The van der Waals surface area contributed by atoms with E-state index in [1.54, 1.807) is 0 Å². The average molecular weight is 307 g/mol. The molecule has 112 valence electrons. The van der Waals surface area contributed by atoms with E-state index in [-0.39, 0.29) is 10.8 Å². The smallest absolute Gasteiger partial charge is 0.345 e. The Bertz CT molecular complexity index is 660. The summed E-state index contributed by atoms with van der Waals surface area (Å²) in [7, 11) is 0. The van der Waals surface area contributed by atoms with Gasteiger partial charge in [0.1, 0.15) is 4.88 Å². The van der Waals surface area contributed by atoms with E-state index in [4.69, 9.17) is 5.11 Å². The van der Waals surface area contributed by atoms with Crippen molar-refractivity contribution >= 4 is 23.2 Å². The summed E-state index contributed by atoms with van der Waals surface area (Å²) in [5.41, 5.74) is 2.08. The van der Waals surface area contributed by atoms with Crippen LogP contribution >= 0.6 is 11.3 Å². The zero-order valence-electron chi connectivity index (χ0n) is 11.9. The topological polar surface area (TPSA) is 84.2 Å². The Kier molecular flexibility index (Phi) is 4.74. The molecular formula is C14H17N3O3S. The molecule has 2 heterocycles. The third-order valence-corrected chi connectivity index (χ3v) is 4.05. The SMILES string of the molecule is Cc1cc(C)n(CCCNC(=O)c2ccc(C(=O)O)s2)n1. The van der Waals surface area contributed by atoms with E-state index in [9.17, 15) is 9.59 Å². The van der Waals surface area contributed by atoms with E-state index >= 15 is 0 Å². The van der Waals surface area contributed by atoms with Gasteiger partial charge in [-0.2, -0.15) is 5.10 Å². The van der Waals surface area contributed by atoms with Crippen molar-refractivity contribution in [3.63, 3.8) is 0 Å². The third-order valence-electron chi connectivity index (χ3n) is 2.98. The van der Waals surface area contributed by atoms with Crippen molar-refractivity contribution in [3.8, 4) is 0 Å². The van der Waals surface area contributed by atoms with Crippen molar-refractivity contribution in [2.45, 2.75) is 26.8 Å². The summed E-state index contributed by atoms with van der Waals surface area (Å²) in [6, 6.07) is 4.99. The first-order chi connectivity index (χ1) is 9.97. The molecule has 2 aromatic rings. The number of thiophene rings is 1. The third kappa shape index (κ3) is 3.91. The number of rotatable bonds is 6. The number of hydrogen-bond donors (Lipinski definition) is 2. The van der Waals surface area contributed by atoms with Crippen LogP contribution in [0, 0.1) is 13.8 Å². The largest absolute Gasteiger partial charge is 0.477 e. The number of carboxylic acids is 1. The monoisotopic (exact) mass is 307 g/mol. The highest BCUT2D eigenvalue weighted by Crippen LogP contribution is 2.16. The van der Waals surface area contributed by atoms with Gasteiger partial charge in [0.25, 0.3) is 5.91 Å². The summed E-state index contributed by atoms with van der Waals surface area (Å²) in [4.78, 5) is 23.2. The molecule has 2 N–H and O–H groups in total. The molecule has 0 spiro atoms. The highest BCUT2D eigenvalue weighted by Gasteiger charge is 2.12. The highest BCUT2D eigenvalue weighted by molar-refractivity contribution is 7.15. The standard InChI is InChI=1S/C14H17N3O3S/c1-9-8-10(2)17(16-9)7-3-6-15-13(18)11-4-5-12(21-11)14(19)20/h4-5,8H,3,6-7H2,1-2H3,(H,15,18)(H,19,20). The van der Waals surface area contributed by atoms with Crippen molar-refractivity contribution < 1.29 is 14.7 Å². The van der Waals surface area contributed by atoms with Gasteiger partial charge in [-0.3, -0.25) is 9.48 Å². The zero-order valence-corrected chi connectivity index (χ0v) is 12.7. The fraction of sp³-hybridized carbons (Fsp3) is 0.357. The molecule has 1 amide bonds. The molecular weight excluding hydrogens is 290 g/mol. The van der Waals surface area contributed by atoms with Gasteiger partial charge in [0.2, 0.25) is 0 Å². The minimum absolute atomic E-state index is 0.169. The Morgan fingerprint density at radius 3 is 2.62 bits per heavy atom. The summed E-state index contributed by atoms with van der Waals surface area (Å²) >= 11 is 0.980. The minimum atomic E-state index is -1.01. The molecule has 2 aromatic heterocycles. The van der Waals surface area contributed by atoms with Gasteiger partial charge in [0, 0.05) is 18.8 Å². The van der Waals surface area contributed by atoms with Gasteiger partial charge in [-0.05, 0) is 38.5 Å². The fourth-order valence-corrected chi connectivity index (χ4v) is 2.76. The zero-order chi connectivity index (χ0) is 15.4. The molecule has 6 nitrogen and oxygen atoms in total. The molecule has 0 aliphatic heterocycles. The number of carbonyl (C=O) groups excluding carboxylic acids is 1. The lowest BCUT2D eigenvalue weighted by molar-refractivity contribution is 0.0702. The summed E-state index contributed by atoms with van der Waals surface area (Å²) in [5, 5.41) is 16.0. The first kappa shape index (κ1) is 15.2. The lowest BCUT2D eigenvalue weighted by Crippen LogP contribution is -2.24. The first-order valence-corrected chi connectivity index (χ1v) is 7.41. The van der Waals surface area contributed by atoms with Crippen LogP contribution in [0.15, 0.2) is 18.2 Å². The number of carbonyl (C=O) groups is 2. The van der Waals surface area contributed by atoms with E-state index in [1.165, 1.54) is 12.1 Å². The number of aromatic carboxylic acids is 1. The van der Waals surface area contributed by atoms with Gasteiger partial charge in [0.15, 0.2) is 0 Å². The summed E-state index contributed by atoms with van der Waals surface area (Å²) in [6.45, 7) is 5.21. The predicted molar refractivity (Wildman–Crippen MR) is 79.9 cm³/mol. The second-order valence-electron chi connectivity index (χ2n) is 4.73. The van der Waals surface area contributed by atoms with Crippen LogP contribution in [-0.2, 0) is 6.54 Å². The molecule has 0 fully saturated rings. The minimum Gasteiger partial charge on any atom is -0.477 e. The van der Waals surface area contributed by atoms with E-state index in [2.05, 4.69) is 10.4 Å². The van der Waals surface area contributed by atoms with Crippen LogP contribution in [-0.4, -0.2) is 33.3 Å². The Hall–Kier alpha value is -2.15. The molecule has 7 heteroatoms. The Balaban J connectivity index is 1.79. The highest BCUT2D eigenvalue weighted by atomic mass is 32.1. The quantitative estimate of drug-likeness (QED) is 0.800. The van der Waals surface area contributed by atoms with Gasteiger partial charge in [-0.25, -0.2) is 4.79 Å². The summed E-state index contributed by atoms with van der Waals surface area (Å²) in [6.07, 6.45) is 0.769. The summed E-state index contributed by atoms with van der Waals surface area (Å²) in [5.74, 6) is -1.25. The number of nitrogens with one attached hydrogen (secondary N) is 1. The number of aryl methyl sites for hydroxylation is 3. The van der Waals surface area contributed by atoms with Crippen LogP contribution in [0.2, 0.25) is 0 Å². The van der Waals surface area contributed by atoms with Crippen LogP contribution in [0.5, 0.6) is 0 Å². The number of hydrogen-bond acceptors (Lipinski definition) is 4. The Labute approximate surface area is 126 Å². The fourth-order valence-electron chi connectivity index (χ4n) is 1.99. The Morgan fingerprint density at radius 2 is 2.05 bits per heavy atom. The average Bonchev–Trinajstić information content (AvgIpc) is 3.02. The molecule has 0 unspecified atom stereocenters. The second-order valence-corrected chi connectivity index (χ2v) is 5.81. The van der Waals surface area contributed by atoms with E-state index in [1.807, 2.05) is 24.6 Å². The number of nitrogens with zero attached hydrogens (tertiary/aromatic N) is 2. The van der Waals surface area contributed by atoms with Crippen LogP contribution in [0.1, 0.15) is 37.2 Å². The van der Waals surface area contributed by atoms with Gasteiger partial charge < -0.3 is 10.4 Å². The molecule has 0 aliphatic carbocycles. The maximum absolute atomic E-state index is 11.8. The maximum Gasteiger partial charge on any atom is 0.345 e. The predicted octanol–water partition coefficient (Wildman–Crippen LogP) is 2.08. The van der Waals surface area contributed by atoms with Gasteiger partial charge in [-0.1, -0.05) is 0 Å². The van der Waals surface area contributed by atoms with Crippen molar-refractivity contribution in [3.05, 3.63) is 39.3 Å². The van der Waals surface area contributed by atoms with Gasteiger partial charge >= 0.3 is 5.97 Å². The molecule has 0 saturated heterocycles. The van der Waals surface area contributed by atoms with Gasteiger partial charge in [-0.15, -0.1) is 11.3 Å². The molecule has 0 radical (unpaired) electrons. The van der Waals surface area contributed by atoms with E-state index in [0.717, 1.165) is 35.7 Å². The molecule has 2 rings (SSSR count). The lowest BCUT2D eigenvalue weighted by atomic mass is 10.3. The molecule has 0 atom stereocenters. The molecule has 0 bridgehead atoms. The lowest BCUT2D eigenvalue weighted by Gasteiger charge is -2.05. The summed E-state index contributed by atoms with van der Waals surface area (Å²) < 4.78 is 1.91. The molecule has 0 aromatic carbocycles. The number of aromatic nitrogens is 2. The molecule has 0 saturated carbocycles. The Morgan fingerprint density at radius 1 is 1.33 bits per heavy atom. The van der Waals surface area contributed by atoms with Gasteiger partial charge in [0.05, 0.1) is 10.6 Å². The maximum atomic E-state index is 11.8. The van der Waals surface area contributed by atoms with E-state index < -0.39 is 5.97 Å². The van der Waals surface area contributed by atoms with Crippen molar-refractivity contribution in [2.24, 2.45) is 0 Å². The van der Waals surface area contributed by atoms with Crippen LogP contribution < -0.4 is 5.32 Å².